The van der Waals surface area contributed by atoms with E-state index in [1.807, 2.05) is 6.92 Å². The van der Waals surface area contributed by atoms with Gasteiger partial charge in [-0.3, -0.25) is 4.79 Å². The average molecular weight is 344 g/mol. The lowest BCUT2D eigenvalue weighted by atomic mass is 9.44. The molecule has 0 heterocycles. The second-order valence-corrected chi connectivity index (χ2v) is 10.2. The highest BCUT2D eigenvalue weighted by Crippen LogP contribution is 2.67. The number of Topliss-reactive ketones (excluding diaryl/α,β-unsaturated/α-hetero) is 1. The van der Waals surface area contributed by atoms with Crippen LogP contribution in [0.1, 0.15) is 72.1 Å². The van der Waals surface area contributed by atoms with Gasteiger partial charge in [-0.15, -0.1) is 0 Å². The number of rotatable bonds is 1. The van der Waals surface area contributed by atoms with E-state index in [2.05, 4.69) is 19.9 Å². The van der Waals surface area contributed by atoms with Gasteiger partial charge in [-0.05, 0) is 86.4 Å². The summed E-state index contributed by atoms with van der Waals surface area (Å²) in [6, 6.07) is 2.38. The number of hydrogen-bond acceptors (Lipinski definition) is 3. The maximum Gasteiger partial charge on any atom is 0.138 e. The smallest absolute Gasteiger partial charge is 0.138 e. The van der Waals surface area contributed by atoms with Crippen LogP contribution in [0.2, 0.25) is 0 Å². The molecule has 0 aliphatic heterocycles. The predicted octanol–water partition coefficient (Wildman–Crippen LogP) is 4.34. The number of fused-ring (bicyclic) bond motifs is 5. The lowest BCUT2D eigenvalue weighted by molar-refractivity contribution is -0.130. The Morgan fingerprint density at radius 3 is 2.56 bits per heavy atom. The SMILES string of the molecule is C[C@H](C#N)[C@H]1C(=O)C[C@H]2[C@@H]3CC[C@H]4C[C@@H](O)CC[C@]4(C)[C@H]3CC[C@]12C. The van der Waals surface area contributed by atoms with Crippen LogP contribution in [0.4, 0.5) is 0 Å². The van der Waals surface area contributed by atoms with Gasteiger partial charge in [0.05, 0.1) is 18.1 Å². The molecule has 4 aliphatic carbocycles. The number of ketones is 1. The summed E-state index contributed by atoms with van der Waals surface area (Å²) in [7, 11) is 0. The van der Waals surface area contributed by atoms with Crippen molar-refractivity contribution >= 4 is 5.78 Å². The fraction of sp³-hybridized carbons (Fsp3) is 0.909. The number of carbonyl (C=O) groups is 1. The molecule has 0 aromatic heterocycles. The van der Waals surface area contributed by atoms with Gasteiger partial charge in [0.1, 0.15) is 5.78 Å². The van der Waals surface area contributed by atoms with Crippen LogP contribution in [0.25, 0.3) is 0 Å². The summed E-state index contributed by atoms with van der Waals surface area (Å²) in [5, 5.41) is 19.6. The van der Waals surface area contributed by atoms with Crippen LogP contribution in [-0.4, -0.2) is 17.0 Å². The van der Waals surface area contributed by atoms with E-state index in [9.17, 15) is 15.2 Å². The molecule has 3 heteroatoms. The van der Waals surface area contributed by atoms with Crippen molar-refractivity contribution in [1.82, 2.24) is 0 Å². The van der Waals surface area contributed by atoms with Crippen LogP contribution in [0.15, 0.2) is 0 Å². The number of hydrogen-bond donors (Lipinski definition) is 1. The molecule has 0 unspecified atom stereocenters. The summed E-state index contributed by atoms with van der Waals surface area (Å²) >= 11 is 0. The molecular formula is C22H33NO2. The Hall–Kier alpha value is -0.880. The normalized spacial score (nSPS) is 53.3. The number of carbonyl (C=O) groups excluding carboxylic acids is 1. The molecule has 4 rings (SSSR count). The van der Waals surface area contributed by atoms with Crippen molar-refractivity contribution in [1.29, 1.82) is 5.26 Å². The van der Waals surface area contributed by atoms with Crippen molar-refractivity contribution in [3.8, 4) is 6.07 Å². The first-order chi connectivity index (χ1) is 11.8. The van der Waals surface area contributed by atoms with Gasteiger partial charge in [0.25, 0.3) is 0 Å². The van der Waals surface area contributed by atoms with Crippen LogP contribution < -0.4 is 0 Å². The fourth-order valence-corrected chi connectivity index (χ4v) is 7.99. The fourth-order valence-electron chi connectivity index (χ4n) is 7.99. The molecule has 4 saturated carbocycles. The monoisotopic (exact) mass is 343 g/mol. The van der Waals surface area contributed by atoms with Gasteiger partial charge in [-0.25, -0.2) is 0 Å². The standard InChI is InChI=1S/C22H33NO2/c1-13(12-23)20-19(25)11-18-16-5-4-14-10-15(24)6-8-21(14,2)17(16)7-9-22(18,20)3/h13-18,20,24H,4-11H2,1-3H3/t13-,14+,15+,16-,17+,18+,20+,21+,22+/m1/s1. The molecule has 0 bridgehead atoms. The number of nitriles is 1. The maximum atomic E-state index is 12.8. The van der Waals surface area contributed by atoms with E-state index in [-0.39, 0.29) is 23.4 Å². The van der Waals surface area contributed by atoms with Crippen molar-refractivity contribution in [2.24, 2.45) is 46.3 Å². The summed E-state index contributed by atoms with van der Waals surface area (Å²) in [5.74, 6) is 2.64. The average Bonchev–Trinajstić information content (AvgIpc) is 2.85. The third-order valence-corrected chi connectivity index (χ3v) is 9.26. The molecule has 25 heavy (non-hydrogen) atoms. The molecular weight excluding hydrogens is 310 g/mol. The first-order valence-corrected chi connectivity index (χ1v) is 10.4. The lowest BCUT2D eigenvalue weighted by Gasteiger charge is -2.60. The number of aliphatic hydroxyl groups excluding tert-OH is 1. The Morgan fingerprint density at radius 1 is 1.12 bits per heavy atom. The van der Waals surface area contributed by atoms with E-state index in [4.69, 9.17) is 0 Å². The quantitative estimate of drug-likeness (QED) is 0.770. The summed E-state index contributed by atoms with van der Waals surface area (Å²) < 4.78 is 0. The molecule has 0 amide bonds. The minimum Gasteiger partial charge on any atom is -0.393 e. The van der Waals surface area contributed by atoms with Crippen molar-refractivity contribution in [3.05, 3.63) is 0 Å². The van der Waals surface area contributed by atoms with Crippen LogP contribution in [-0.2, 0) is 4.79 Å². The molecule has 4 aliphatic rings. The van der Waals surface area contributed by atoms with Gasteiger partial charge in [0.15, 0.2) is 0 Å². The van der Waals surface area contributed by atoms with Crippen molar-refractivity contribution in [2.45, 2.75) is 78.2 Å². The molecule has 0 aromatic carbocycles. The zero-order valence-corrected chi connectivity index (χ0v) is 16.0. The van der Waals surface area contributed by atoms with Gasteiger partial charge >= 0.3 is 0 Å². The van der Waals surface area contributed by atoms with E-state index >= 15 is 0 Å². The maximum absolute atomic E-state index is 12.8. The summed E-state index contributed by atoms with van der Waals surface area (Å²) in [6.45, 7) is 6.74. The first kappa shape index (κ1) is 17.5. The first-order valence-electron chi connectivity index (χ1n) is 10.4. The van der Waals surface area contributed by atoms with E-state index < -0.39 is 0 Å². The third kappa shape index (κ3) is 2.36. The summed E-state index contributed by atoms with van der Waals surface area (Å²) in [4.78, 5) is 12.8. The van der Waals surface area contributed by atoms with Gasteiger partial charge in [-0.1, -0.05) is 13.8 Å². The van der Waals surface area contributed by atoms with Crippen molar-refractivity contribution < 1.29 is 9.90 Å². The van der Waals surface area contributed by atoms with E-state index in [1.54, 1.807) is 0 Å². The highest BCUT2D eigenvalue weighted by Gasteiger charge is 2.63. The van der Waals surface area contributed by atoms with Crippen LogP contribution in [0.5, 0.6) is 0 Å². The van der Waals surface area contributed by atoms with Gasteiger partial charge < -0.3 is 5.11 Å². The Morgan fingerprint density at radius 2 is 1.84 bits per heavy atom. The molecule has 1 N–H and O–H groups in total. The van der Waals surface area contributed by atoms with Crippen LogP contribution in [0.3, 0.4) is 0 Å². The Kier molecular flexibility index (Phi) is 4.07. The molecule has 9 atom stereocenters. The molecule has 0 saturated heterocycles. The summed E-state index contributed by atoms with van der Waals surface area (Å²) in [5.41, 5.74) is 0.385. The van der Waals surface area contributed by atoms with Gasteiger partial charge in [0.2, 0.25) is 0 Å². The number of aliphatic hydroxyl groups is 1. The Bertz CT molecular complexity index is 610. The van der Waals surface area contributed by atoms with E-state index in [0.717, 1.165) is 25.7 Å². The summed E-state index contributed by atoms with van der Waals surface area (Å²) in [6.07, 6.45) is 8.44. The lowest BCUT2D eigenvalue weighted by Crippen LogP contribution is -2.54. The van der Waals surface area contributed by atoms with Crippen LogP contribution >= 0.6 is 0 Å². The minimum absolute atomic E-state index is 0.0325. The Labute approximate surface area is 152 Å². The second-order valence-electron chi connectivity index (χ2n) is 10.2. The van der Waals surface area contributed by atoms with Gasteiger partial charge in [0, 0.05) is 12.3 Å². The third-order valence-electron chi connectivity index (χ3n) is 9.26. The topological polar surface area (TPSA) is 61.1 Å². The second kappa shape index (κ2) is 5.81. The predicted molar refractivity (Wildman–Crippen MR) is 96.4 cm³/mol. The molecule has 3 nitrogen and oxygen atoms in total. The Balaban J connectivity index is 1.64. The van der Waals surface area contributed by atoms with Crippen molar-refractivity contribution in [2.75, 3.05) is 0 Å². The zero-order chi connectivity index (χ0) is 18.0. The van der Waals surface area contributed by atoms with E-state index in [1.165, 1.54) is 19.3 Å². The van der Waals surface area contributed by atoms with Crippen molar-refractivity contribution in [3.63, 3.8) is 0 Å². The van der Waals surface area contributed by atoms with E-state index in [0.29, 0.717) is 41.3 Å². The largest absolute Gasteiger partial charge is 0.393 e. The van der Waals surface area contributed by atoms with Crippen LogP contribution in [0, 0.1) is 57.7 Å². The molecule has 0 spiro atoms. The zero-order valence-electron chi connectivity index (χ0n) is 16.0. The molecule has 4 fully saturated rings. The molecule has 0 aromatic rings. The molecule has 0 radical (unpaired) electrons. The minimum atomic E-state index is -0.157. The highest BCUT2D eigenvalue weighted by molar-refractivity contribution is 5.85. The number of nitrogens with zero attached hydrogens (tertiary/aromatic N) is 1. The molecule has 138 valence electrons. The highest BCUT2D eigenvalue weighted by atomic mass is 16.3. The van der Waals surface area contributed by atoms with Gasteiger partial charge in [-0.2, -0.15) is 5.26 Å².